The summed E-state index contributed by atoms with van der Waals surface area (Å²) >= 11 is 5.45. The molecule has 2 aliphatic carbocycles. The highest BCUT2D eigenvalue weighted by molar-refractivity contribution is 7.80. The summed E-state index contributed by atoms with van der Waals surface area (Å²) in [5.74, 6) is 1.84. The molecule has 2 rings (SSSR count). The van der Waals surface area contributed by atoms with Crippen LogP contribution in [0.4, 0.5) is 0 Å². The molecule has 0 amide bonds. The maximum atomic E-state index is 5.45. The maximum Gasteiger partial charge on any atom is 0.166 e. The lowest BCUT2D eigenvalue weighted by atomic mass is 9.93. The molecule has 4 heteroatoms. The molecular formula is C15H29N3S. The second-order valence-electron chi connectivity index (χ2n) is 7.51. The number of thiocarbonyl (C=S) groups is 1. The summed E-state index contributed by atoms with van der Waals surface area (Å²) in [5.41, 5.74) is 0.240. The lowest BCUT2D eigenvalue weighted by Crippen LogP contribution is -2.48. The van der Waals surface area contributed by atoms with Crippen molar-refractivity contribution in [3.05, 3.63) is 0 Å². The molecule has 0 aromatic carbocycles. The standard InChI is InChI=1S/C15H29N3S/c1-15(2,10-18(3)4)9-16-14(19)17-13-8-11-5-6-12(13)7-11/h11-13H,5-10H2,1-4H3,(H2,16,17,19)/t11-,12+,13-/m1/s1. The summed E-state index contributed by atoms with van der Waals surface area (Å²) in [6.45, 7) is 6.55. The third-order valence-electron chi connectivity index (χ3n) is 4.53. The van der Waals surface area contributed by atoms with Crippen LogP contribution in [-0.4, -0.2) is 43.2 Å². The van der Waals surface area contributed by atoms with E-state index in [1.54, 1.807) is 0 Å². The Bertz CT molecular complexity index is 327. The highest BCUT2D eigenvalue weighted by Gasteiger charge is 2.39. The van der Waals surface area contributed by atoms with Gasteiger partial charge in [0.1, 0.15) is 0 Å². The van der Waals surface area contributed by atoms with Crippen LogP contribution in [0.2, 0.25) is 0 Å². The molecular weight excluding hydrogens is 254 g/mol. The van der Waals surface area contributed by atoms with Crippen LogP contribution in [0.15, 0.2) is 0 Å². The molecule has 2 bridgehead atoms. The van der Waals surface area contributed by atoms with Gasteiger partial charge in [-0.2, -0.15) is 0 Å². The Kier molecular flexibility index (Phi) is 4.72. The van der Waals surface area contributed by atoms with E-state index in [1.807, 2.05) is 0 Å². The molecule has 2 saturated carbocycles. The molecule has 0 spiro atoms. The van der Waals surface area contributed by atoms with Gasteiger partial charge in [-0.15, -0.1) is 0 Å². The fourth-order valence-corrected chi connectivity index (χ4v) is 4.10. The molecule has 2 fully saturated rings. The molecule has 0 radical (unpaired) electrons. The van der Waals surface area contributed by atoms with Gasteiger partial charge < -0.3 is 15.5 Å². The van der Waals surface area contributed by atoms with Crippen LogP contribution in [-0.2, 0) is 0 Å². The number of rotatable bonds is 5. The van der Waals surface area contributed by atoms with Crippen molar-refractivity contribution in [1.29, 1.82) is 0 Å². The number of fused-ring (bicyclic) bond motifs is 2. The monoisotopic (exact) mass is 283 g/mol. The van der Waals surface area contributed by atoms with E-state index in [0.717, 1.165) is 30.0 Å². The quantitative estimate of drug-likeness (QED) is 0.757. The van der Waals surface area contributed by atoms with E-state index in [4.69, 9.17) is 12.2 Å². The molecule has 0 aromatic rings. The predicted octanol–water partition coefficient (Wildman–Crippen LogP) is 2.23. The van der Waals surface area contributed by atoms with E-state index >= 15 is 0 Å². The van der Waals surface area contributed by atoms with Gasteiger partial charge in [0.15, 0.2) is 5.11 Å². The van der Waals surface area contributed by atoms with Crippen LogP contribution in [0.5, 0.6) is 0 Å². The largest absolute Gasteiger partial charge is 0.362 e. The van der Waals surface area contributed by atoms with Gasteiger partial charge in [0.05, 0.1) is 0 Å². The molecule has 0 heterocycles. The highest BCUT2D eigenvalue weighted by atomic mass is 32.1. The first-order valence-corrected chi connectivity index (χ1v) is 7.96. The third-order valence-corrected chi connectivity index (χ3v) is 4.79. The number of hydrogen-bond acceptors (Lipinski definition) is 2. The van der Waals surface area contributed by atoms with Crippen molar-refractivity contribution in [2.75, 3.05) is 27.2 Å². The zero-order valence-electron chi connectivity index (χ0n) is 12.8. The first-order valence-electron chi connectivity index (χ1n) is 7.55. The van der Waals surface area contributed by atoms with Gasteiger partial charge in [0.25, 0.3) is 0 Å². The Balaban J connectivity index is 1.70. The second kappa shape index (κ2) is 5.96. The van der Waals surface area contributed by atoms with Crippen LogP contribution in [0.25, 0.3) is 0 Å². The Morgan fingerprint density at radius 1 is 1.26 bits per heavy atom. The van der Waals surface area contributed by atoms with Gasteiger partial charge >= 0.3 is 0 Å². The normalized spacial score (nSPS) is 29.8. The fourth-order valence-electron chi connectivity index (χ4n) is 3.87. The molecule has 2 N–H and O–H groups in total. The molecule has 2 aliphatic rings. The summed E-state index contributed by atoms with van der Waals surface area (Å²) in [7, 11) is 4.24. The van der Waals surface area contributed by atoms with E-state index in [1.165, 1.54) is 25.7 Å². The second-order valence-corrected chi connectivity index (χ2v) is 7.92. The van der Waals surface area contributed by atoms with Crippen LogP contribution in [0.1, 0.15) is 39.5 Å². The van der Waals surface area contributed by atoms with E-state index in [9.17, 15) is 0 Å². The molecule has 0 saturated heterocycles. The molecule has 110 valence electrons. The minimum absolute atomic E-state index is 0.240. The first kappa shape index (κ1) is 15.0. The summed E-state index contributed by atoms with van der Waals surface area (Å²) in [6, 6.07) is 0.635. The molecule has 19 heavy (non-hydrogen) atoms. The lowest BCUT2D eigenvalue weighted by molar-refractivity contribution is 0.241. The van der Waals surface area contributed by atoms with Gasteiger partial charge in [-0.25, -0.2) is 0 Å². The zero-order valence-corrected chi connectivity index (χ0v) is 13.6. The Hall–Kier alpha value is -0.350. The molecule has 3 nitrogen and oxygen atoms in total. The van der Waals surface area contributed by atoms with E-state index in [2.05, 4.69) is 43.5 Å². The average Bonchev–Trinajstić information content (AvgIpc) is 2.86. The lowest BCUT2D eigenvalue weighted by Gasteiger charge is -2.30. The van der Waals surface area contributed by atoms with Crippen molar-refractivity contribution in [3.8, 4) is 0 Å². The minimum atomic E-state index is 0.240. The van der Waals surface area contributed by atoms with Gasteiger partial charge in [-0.1, -0.05) is 20.3 Å². The van der Waals surface area contributed by atoms with Gasteiger partial charge in [-0.05, 0) is 62.8 Å². The number of nitrogens with zero attached hydrogens (tertiary/aromatic N) is 1. The fraction of sp³-hybridized carbons (Fsp3) is 0.933. The zero-order chi connectivity index (χ0) is 14.0. The van der Waals surface area contributed by atoms with Crippen molar-refractivity contribution < 1.29 is 0 Å². The predicted molar refractivity (Wildman–Crippen MR) is 85.3 cm³/mol. The summed E-state index contributed by atoms with van der Waals surface area (Å²) in [5, 5.41) is 7.80. The summed E-state index contributed by atoms with van der Waals surface area (Å²) in [6.07, 6.45) is 5.59. The average molecular weight is 283 g/mol. The Morgan fingerprint density at radius 2 is 2.00 bits per heavy atom. The number of hydrogen-bond donors (Lipinski definition) is 2. The van der Waals surface area contributed by atoms with E-state index in [0.29, 0.717) is 6.04 Å². The SMILES string of the molecule is CN(C)CC(C)(C)CNC(=S)N[C@@H]1C[C@@H]2CC[C@H]1C2. The maximum absolute atomic E-state index is 5.45. The molecule has 0 aromatic heterocycles. The van der Waals surface area contributed by atoms with Crippen molar-refractivity contribution >= 4 is 17.3 Å². The van der Waals surface area contributed by atoms with Gasteiger partial charge in [0.2, 0.25) is 0 Å². The topological polar surface area (TPSA) is 27.3 Å². The van der Waals surface area contributed by atoms with Crippen LogP contribution in [0.3, 0.4) is 0 Å². The molecule has 0 aliphatic heterocycles. The third kappa shape index (κ3) is 4.32. The number of nitrogens with one attached hydrogen (secondary N) is 2. The first-order chi connectivity index (χ1) is 8.85. The Labute approximate surface area is 123 Å². The Morgan fingerprint density at radius 3 is 2.53 bits per heavy atom. The van der Waals surface area contributed by atoms with Crippen molar-refractivity contribution in [3.63, 3.8) is 0 Å². The van der Waals surface area contributed by atoms with Crippen molar-refractivity contribution in [2.24, 2.45) is 17.3 Å². The summed E-state index contributed by atoms with van der Waals surface area (Å²) < 4.78 is 0. The van der Waals surface area contributed by atoms with Crippen LogP contribution in [0, 0.1) is 17.3 Å². The van der Waals surface area contributed by atoms with Crippen LogP contribution < -0.4 is 10.6 Å². The van der Waals surface area contributed by atoms with Crippen molar-refractivity contribution in [1.82, 2.24) is 15.5 Å². The van der Waals surface area contributed by atoms with Gasteiger partial charge in [-0.3, -0.25) is 0 Å². The van der Waals surface area contributed by atoms with E-state index in [-0.39, 0.29) is 5.41 Å². The van der Waals surface area contributed by atoms with Crippen LogP contribution >= 0.6 is 12.2 Å². The molecule has 3 atom stereocenters. The van der Waals surface area contributed by atoms with Gasteiger partial charge in [0, 0.05) is 19.1 Å². The van der Waals surface area contributed by atoms with E-state index < -0.39 is 0 Å². The van der Waals surface area contributed by atoms with Crippen molar-refractivity contribution in [2.45, 2.75) is 45.6 Å². The summed E-state index contributed by atoms with van der Waals surface area (Å²) in [4.78, 5) is 2.23. The minimum Gasteiger partial charge on any atom is -0.362 e. The molecule has 0 unspecified atom stereocenters. The smallest absolute Gasteiger partial charge is 0.166 e. The highest BCUT2D eigenvalue weighted by Crippen LogP contribution is 2.44.